The number of ether oxygens (including phenoxy) is 1. The fourth-order valence-corrected chi connectivity index (χ4v) is 3.05. The van der Waals surface area contributed by atoms with Gasteiger partial charge in [0.25, 0.3) is 0 Å². The van der Waals surface area contributed by atoms with E-state index in [1.54, 1.807) is 7.11 Å². The van der Waals surface area contributed by atoms with Crippen molar-refractivity contribution in [2.75, 3.05) is 20.3 Å². The summed E-state index contributed by atoms with van der Waals surface area (Å²) in [6.07, 6.45) is 3.87. The fourth-order valence-electron chi connectivity index (χ4n) is 3.05. The lowest BCUT2D eigenvalue weighted by Crippen LogP contribution is -2.30. The molecule has 0 amide bonds. The number of aromatic nitrogens is 3. The van der Waals surface area contributed by atoms with Crippen LogP contribution in [0.3, 0.4) is 0 Å². The number of aryl methyl sites for hydroxylation is 2. The topological polar surface area (TPSA) is 56.3 Å². The molecule has 6 nitrogen and oxygen atoms in total. The minimum absolute atomic E-state index is 0.464. The first-order valence-corrected chi connectivity index (χ1v) is 7.29. The monoisotopic (exact) mass is 290 g/mol. The third kappa shape index (κ3) is 3.01. The number of rotatable bonds is 4. The maximum Gasteiger partial charge on any atom is 0.138 e. The predicted molar refractivity (Wildman–Crippen MR) is 77.7 cm³/mol. The predicted octanol–water partition coefficient (Wildman–Crippen LogP) is 1.77. The smallest absolute Gasteiger partial charge is 0.138 e. The van der Waals surface area contributed by atoms with E-state index in [0.29, 0.717) is 5.92 Å². The number of hydrogen-bond acceptors (Lipinski definition) is 5. The Morgan fingerprint density at radius 1 is 1.38 bits per heavy atom. The summed E-state index contributed by atoms with van der Waals surface area (Å²) in [4.78, 5) is 6.70. The van der Waals surface area contributed by atoms with Gasteiger partial charge in [0.05, 0.1) is 24.3 Å². The Balaban J connectivity index is 1.81. The van der Waals surface area contributed by atoms with Gasteiger partial charge in [-0.15, -0.1) is 0 Å². The quantitative estimate of drug-likeness (QED) is 0.859. The molecule has 1 aliphatic rings. The molecule has 0 aromatic carbocycles. The molecule has 3 rings (SSSR count). The minimum atomic E-state index is 0.464. The van der Waals surface area contributed by atoms with Crippen LogP contribution in [0.2, 0.25) is 0 Å². The highest BCUT2D eigenvalue weighted by Crippen LogP contribution is 2.21. The van der Waals surface area contributed by atoms with Crippen LogP contribution in [0.25, 0.3) is 0 Å². The summed E-state index contributed by atoms with van der Waals surface area (Å²) in [6, 6.07) is 0. The molecule has 0 fully saturated rings. The highest BCUT2D eigenvalue weighted by molar-refractivity contribution is 5.20. The van der Waals surface area contributed by atoms with Gasteiger partial charge in [-0.25, -0.2) is 4.98 Å². The van der Waals surface area contributed by atoms with E-state index in [1.807, 2.05) is 26.4 Å². The molecule has 6 heteroatoms. The third-order valence-electron chi connectivity index (χ3n) is 4.12. The van der Waals surface area contributed by atoms with E-state index in [9.17, 15) is 0 Å². The standard InChI is InChI=1S/C15H22N4O2/c1-11-15(12(2)21-17-11)8-18-5-13(9-20-3)6-19-10-16-4-14(19)7-18/h4,10,13H,5-9H2,1-3H3/t13-/m0/s1. The van der Waals surface area contributed by atoms with Gasteiger partial charge in [0.15, 0.2) is 0 Å². The summed E-state index contributed by atoms with van der Waals surface area (Å²) < 4.78 is 12.9. The van der Waals surface area contributed by atoms with Crippen LogP contribution in [0.1, 0.15) is 22.7 Å². The van der Waals surface area contributed by atoms with E-state index >= 15 is 0 Å². The molecule has 21 heavy (non-hydrogen) atoms. The van der Waals surface area contributed by atoms with Crippen molar-refractivity contribution in [3.8, 4) is 0 Å². The molecule has 0 saturated heterocycles. The van der Waals surface area contributed by atoms with Crippen molar-refractivity contribution in [3.63, 3.8) is 0 Å². The van der Waals surface area contributed by atoms with Gasteiger partial charge in [0.2, 0.25) is 0 Å². The Morgan fingerprint density at radius 3 is 2.95 bits per heavy atom. The molecule has 3 heterocycles. The highest BCUT2D eigenvalue weighted by Gasteiger charge is 2.23. The van der Waals surface area contributed by atoms with Crippen LogP contribution in [0, 0.1) is 19.8 Å². The Kier molecular flexibility index (Phi) is 4.07. The summed E-state index contributed by atoms with van der Waals surface area (Å²) in [7, 11) is 1.76. The molecule has 2 aromatic heterocycles. The molecule has 0 radical (unpaired) electrons. The zero-order valence-corrected chi connectivity index (χ0v) is 12.9. The summed E-state index contributed by atoms with van der Waals surface area (Å²) >= 11 is 0. The fraction of sp³-hybridized carbons (Fsp3) is 0.600. The van der Waals surface area contributed by atoms with Crippen LogP contribution in [0.15, 0.2) is 17.0 Å². The number of methoxy groups -OCH3 is 1. The lowest BCUT2D eigenvalue weighted by atomic mass is 10.1. The summed E-state index contributed by atoms with van der Waals surface area (Å²) in [5.74, 6) is 1.37. The van der Waals surface area contributed by atoms with E-state index in [4.69, 9.17) is 9.26 Å². The minimum Gasteiger partial charge on any atom is -0.384 e. The molecule has 0 N–H and O–H groups in total. The molecule has 0 unspecified atom stereocenters. The number of hydrogen-bond donors (Lipinski definition) is 0. The van der Waals surface area contributed by atoms with Gasteiger partial charge in [-0.1, -0.05) is 5.16 Å². The second-order valence-electron chi connectivity index (χ2n) is 5.83. The average molecular weight is 290 g/mol. The van der Waals surface area contributed by atoms with Gasteiger partial charge < -0.3 is 13.8 Å². The van der Waals surface area contributed by atoms with E-state index < -0.39 is 0 Å². The van der Waals surface area contributed by atoms with Gasteiger partial charge in [0, 0.05) is 51.0 Å². The molecule has 1 atom stereocenters. The molecular formula is C15H22N4O2. The van der Waals surface area contributed by atoms with Crippen molar-refractivity contribution in [1.29, 1.82) is 0 Å². The first-order chi connectivity index (χ1) is 10.2. The second-order valence-corrected chi connectivity index (χ2v) is 5.83. The Morgan fingerprint density at radius 2 is 2.24 bits per heavy atom. The van der Waals surface area contributed by atoms with Crippen molar-refractivity contribution in [3.05, 3.63) is 35.2 Å². The van der Waals surface area contributed by atoms with Crippen molar-refractivity contribution < 1.29 is 9.26 Å². The van der Waals surface area contributed by atoms with Crippen molar-refractivity contribution in [2.24, 2.45) is 5.92 Å². The summed E-state index contributed by atoms with van der Waals surface area (Å²) in [5.41, 5.74) is 3.42. The number of nitrogens with zero attached hydrogens (tertiary/aromatic N) is 4. The van der Waals surface area contributed by atoms with Gasteiger partial charge in [-0.3, -0.25) is 4.90 Å². The second kappa shape index (κ2) is 5.99. The highest BCUT2D eigenvalue weighted by atomic mass is 16.5. The molecule has 114 valence electrons. The van der Waals surface area contributed by atoms with Gasteiger partial charge >= 0.3 is 0 Å². The zero-order chi connectivity index (χ0) is 14.8. The number of fused-ring (bicyclic) bond motifs is 1. The molecule has 2 aromatic rings. The first kappa shape index (κ1) is 14.3. The Labute approximate surface area is 124 Å². The lowest BCUT2D eigenvalue weighted by molar-refractivity contribution is 0.115. The van der Waals surface area contributed by atoms with Gasteiger partial charge in [-0.05, 0) is 13.8 Å². The Bertz CT molecular complexity index is 585. The molecule has 0 spiro atoms. The maximum atomic E-state index is 5.37. The van der Waals surface area contributed by atoms with Crippen LogP contribution in [-0.2, 0) is 24.4 Å². The van der Waals surface area contributed by atoms with Crippen molar-refractivity contribution in [2.45, 2.75) is 33.5 Å². The molecule has 0 aliphatic carbocycles. The average Bonchev–Trinajstić information content (AvgIpc) is 2.96. The largest absolute Gasteiger partial charge is 0.384 e. The third-order valence-corrected chi connectivity index (χ3v) is 4.12. The van der Waals surface area contributed by atoms with Crippen molar-refractivity contribution in [1.82, 2.24) is 19.6 Å². The van der Waals surface area contributed by atoms with Crippen LogP contribution in [-0.4, -0.2) is 39.9 Å². The summed E-state index contributed by atoms with van der Waals surface area (Å²) in [5, 5.41) is 4.05. The van der Waals surface area contributed by atoms with Crippen LogP contribution < -0.4 is 0 Å². The first-order valence-electron chi connectivity index (χ1n) is 7.29. The van der Waals surface area contributed by atoms with E-state index in [2.05, 4.69) is 19.6 Å². The van der Waals surface area contributed by atoms with Crippen LogP contribution in [0.4, 0.5) is 0 Å². The molecule has 1 aliphatic heterocycles. The van der Waals surface area contributed by atoms with Crippen LogP contribution >= 0.6 is 0 Å². The zero-order valence-electron chi connectivity index (χ0n) is 12.9. The SMILES string of the molecule is COC[C@H]1CN(Cc2c(C)noc2C)Cc2cncn2C1. The van der Waals surface area contributed by atoms with E-state index in [1.165, 1.54) is 11.3 Å². The molecule has 0 bridgehead atoms. The lowest BCUT2D eigenvalue weighted by Gasteiger charge is -2.23. The number of imidazole rings is 1. The summed E-state index contributed by atoms with van der Waals surface area (Å²) in [6.45, 7) is 8.44. The molecule has 0 saturated carbocycles. The Hall–Kier alpha value is -1.66. The van der Waals surface area contributed by atoms with E-state index in [-0.39, 0.29) is 0 Å². The molecular weight excluding hydrogens is 268 g/mol. The van der Waals surface area contributed by atoms with E-state index in [0.717, 1.165) is 44.2 Å². The van der Waals surface area contributed by atoms with Gasteiger partial charge in [0.1, 0.15) is 5.76 Å². The van der Waals surface area contributed by atoms with Crippen molar-refractivity contribution >= 4 is 0 Å². The van der Waals surface area contributed by atoms with Crippen LogP contribution in [0.5, 0.6) is 0 Å². The normalized spacial score (nSPS) is 19.5. The van der Waals surface area contributed by atoms with Gasteiger partial charge in [-0.2, -0.15) is 0 Å². The maximum absolute atomic E-state index is 5.37.